The van der Waals surface area contributed by atoms with Crippen LogP contribution in [0.25, 0.3) is 33.9 Å². The van der Waals surface area contributed by atoms with Gasteiger partial charge in [0.05, 0.1) is 0 Å². The van der Waals surface area contributed by atoms with Gasteiger partial charge in [0.1, 0.15) is 0 Å². The molecule has 2 heterocycles. The topological polar surface area (TPSA) is 51.6 Å². The van der Waals surface area contributed by atoms with Crippen molar-refractivity contribution in [3.8, 4) is 33.9 Å². The third-order valence-corrected chi connectivity index (χ3v) is 4.54. The highest BCUT2D eigenvalue weighted by Gasteiger charge is 2.08. The summed E-state index contributed by atoms with van der Waals surface area (Å²) < 4.78 is 0. The molecule has 0 bridgehead atoms. The molecule has 0 aliphatic carbocycles. The van der Waals surface area contributed by atoms with Crippen LogP contribution < -0.4 is 0 Å². The molecule has 0 unspecified atom stereocenters. The van der Waals surface area contributed by atoms with Gasteiger partial charge in [-0.3, -0.25) is 0 Å². The third kappa shape index (κ3) is 3.81. The summed E-state index contributed by atoms with van der Waals surface area (Å²) >= 11 is 0. The van der Waals surface area contributed by atoms with Gasteiger partial charge >= 0.3 is 0 Å². The van der Waals surface area contributed by atoms with E-state index in [-0.39, 0.29) is 0 Å². The van der Waals surface area contributed by atoms with Crippen LogP contribution in [0.15, 0.2) is 60.7 Å². The lowest BCUT2D eigenvalue weighted by molar-refractivity contribution is 1.06. The number of hydrogen-bond donors (Lipinski definition) is 0. The fraction of sp³-hybridized carbons (Fsp3) is 0.167. The van der Waals surface area contributed by atoms with Gasteiger partial charge in [-0.15, -0.1) is 0 Å². The Morgan fingerprint density at radius 2 is 0.750 bits per heavy atom. The van der Waals surface area contributed by atoms with E-state index in [1.807, 2.05) is 52.0 Å². The number of rotatable bonds is 3. The van der Waals surface area contributed by atoms with E-state index in [2.05, 4.69) is 56.3 Å². The molecule has 0 fully saturated rings. The van der Waals surface area contributed by atoms with Gasteiger partial charge in [-0.2, -0.15) is 0 Å². The van der Waals surface area contributed by atoms with E-state index < -0.39 is 0 Å². The third-order valence-electron chi connectivity index (χ3n) is 4.54. The summed E-state index contributed by atoms with van der Waals surface area (Å²) in [5, 5.41) is 0. The van der Waals surface area contributed by atoms with Gasteiger partial charge in [-0.25, -0.2) is 19.9 Å². The number of aromatic nitrogens is 4. The zero-order chi connectivity index (χ0) is 19.7. The Bertz CT molecular complexity index is 1030. The van der Waals surface area contributed by atoms with Crippen LogP contribution in [0.1, 0.15) is 22.8 Å². The second-order valence-electron chi connectivity index (χ2n) is 7.11. The molecule has 2 aromatic heterocycles. The zero-order valence-corrected chi connectivity index (χ0v) is 16.6. The molecule has 0 atom stereocenters. The molecule has 0 N–H and O–H groups in total. The minimum absolute atomic E-state index is 0.758. The van der Waals surface area contributed by atoms with Crippen molar-refractivity contribution in [2.24, 2.45) is 0 Å². The van der Waals surface area contributed by atoms with Crippen LogP contribution >= 0.6 is 0 Å². The first-order chi connectivity index (χ1) is 13.5. The Morgan fingerprint density at radius 3 is 1.11 bits per heavy atom. The Morgan fingerprint density at radius 1 is 0.429 bits per heavy atom. The van der Waals surface area contributed by atoms with E-state index in [9.17, 15) is 0 Å². The number of aryl methyl sites for hydroxylation is 4. The van der Waals surface area contributed by atoms with E-state index >= 15 is 0 Å². The summed E-state index contributed by atoms with van der Waals surface area (Å²) in [4.78, 5) is 18.4. The van der Waals surface area contributed by atoms with Gasteiger partial charge in [-0.05, 0) is 63.1 Å². The zero-order valence-electron chi connectivity index (χ0n) is 16.6. The minimum Gasteiger partial charge on any atom is -0.233 e. The Kier molecular flexibility index (Phi) is 4.70. The molecule has 0 radical (unpaired) electrons. The molecule has 28 heavy (non-hydrogen) atoms. The molecule has 4 nitrogen and oxygen atoms in total. The first kappa shape index (κ1) is 18.0. The van der Waals surface area contributed by atoms with E-state index in [1.54, 1.807) is 0 Å². The Hall–Kier alpha value is -3.40. The Balaban J connectivity index is 1.76. The van der Waals surface area contributed by atoms with Crippen LogP contribution in [0.3, 0.4) is 0 Å². The summed E-state index contributed by atoms with van der Waals surface area (Å²) in [5.74, 6) is 1.52. The molecule has 0 aliphatic heterocycles. The molecule has 0 amide bonds. The van der Waals surface area contributed by atoms with Crippen molar-refractivity contribution in [3.63, 3.8) is 0 Å². The van der Waals surface area contributed by atoms with Crippen molar-refractivity contribution in [2.45, 2.75) is 27.7 Å². The lowest BCUT2D eigenvalue weighted by atomic mass is 10.0. The van der Waals surface area contributed by atoms with Crippen LogP contribution in [0, 0.1) is 27.7 Å². The first-order valence-corrected chi connectivity index (χ1v) is 9.34. The van der Waals surface area contributed by atoms with E-state index in [4.69, 9.17) is 0 Å². The molecule has 0 saturated heterocycles. The largest absolute Gasteiger partial charge is 0.233 e. The highest BCUT2D eigenvalue weighted by atomic mass is 14.9. The monoisotopic (exact) mass is 366 g/mol. The highest BCUT2D eigenvalue weighted by molar-refractivity contribution is 5.74. The van der Waals surface area contributed by atoms with Crippen molar-refractivity contribution >= 4 is 0 Å². The van der Waals surface area contributed by atoms with Gasteiger partial charge < -0.3 is 0 Å². The quantitative estimate of drug-likeness (QED) is 0.480. The van der Waals surface area contributed by atoms with Crippen LogP contribution in [0.2, 0.25) is 0 Å². The highest BCUT2D eigenvalue weighted by Crippen LogP contribution is 2.28. The molecular weight excluding hydrogens is 344 g/mol. The molecule has 0 spiro atoms. The van der Waals surface area contributed by atoms with Gasteiger partial charge in [0.15, 0.2) is 11.6 Å². The SMILES string of the molecule is Cc1cc(C)nc(-c2cccc(-c3cccc(-c4nc(C)cc(C)n4)c3)c2)n1. The van der Waals surface area contributed by atoms with Gasteiger partial charge in [0, 0.05) is 33.9 Å². The fourth-order valence-corrected chi connectivity index (χ4v) is 3.39. The number of hydrogen-bond acceptors (Lipinski definition) is 4. The summed E-state index contributed by atoms with van der Waals surface area (Å²) in [6.45, 7) is 7.98. The summed E-state index contributed by atoms with van der Waals surface area (Å²) in [6, 6.07) is 20.6. The van der Waals surface area contributed by atoms with Gasteiger partial charge in [0.2, 0.25) is 0 Å². The molecular formula is C24H22N4. The first-order valence-electron chi connectivity index (χ1n) is 9.34. The van der Waals surface area contributed by atoms with Crippen LogP contribution in [0.4, 0.5) is 0 Å². The molecule has 4 aromatic rings. The normalized spacial score (nSPS) is 10.9. The average Bonchev–Trinajstić information content (AvgIpc) is 2.67. The predicted octanol–water partition coefficient (Wildman–Crippen LogP) is 5.50. The van der Waals surface area contributed by atoms with Gasteiger partial charge in [0.25, 0.3) is 0 Å². The standard InChI is InChI=1S/C24H22N4/c1-15-11-16(2)26-23(25-15)21-9-5-7-19(13-21)20-8-6-10-22(14-20)24-27-17(3)12-18(4)28-24/h5-14H,1-4H3. The Labute approximate surface area is 165 Å². The lowest BCUT2D eigenvalue weighted by Crippen LogP contribution is -1.95. The molecule has 138 valence electrons. The van der Waals surface area contributed by atoms with Crippen LogP contribution in [0.5, 0.6) is 0 Å². The second kappa shape index (κ2) is 7.31. The molecule has 4 heteroatoms. The molecule has 2 aromatic carbocycles. The molecule has 0 saturated carbocycles. The number of benzene rings is 2. The maximum absolute atomic E-state index is 4.59. The van der Waals surface area contributed by atoms with Crippen LogP contribution in [-0.4, -0.2) is 19.9 Å². The molecule has 0 aliphatic rings. The van der Waals surface area contributed by atoms with E-state index in [1.165, 1.54) is 0 Å². The van der Waals surface area contributed by atoms with E-state index in [0.717, 1.165) is 56.7 Å². The van der Waals surface area contributed by atoms with Crippen LogP contribution in [-0.2, 0) is 0 Å². The summed E-state index contributed by atoms with van der Waals surface area (Å²) in [7, 11) is 0. The van der Waals surface area contributed by atoms with Crippen molar-refractivity contribution in [3.05, 3.63) is 83.4 Å². The summed E-state index contributed by atoms with van der Waals surface area (Å²) in [5.41, 5.74) is 8.15. The fourth-order valence-electron chi connectivity index (χ4n) is 3.39. The molecule has 4 rings (SSSR count). The maximum atomic E-state index is 4.59. The minimum atomic E-state index is 0.758. The smallest absolute Gasteiger partial charge is 0.159 e. The van der Waals surface area contributed by atoms with Crippen molar-refractivity contribution in [2.75, 3.05) is 0 Å². The second-order valence-corrected chi connectivity index (χ2v) is 7.11. The maximum Gasteiger partial charge on any atom is 0.159 e. The average molecular weight is 366 g/mol. The lowest BCUT2D eigenvalue weighted by Gasteiger charge is -2.09. The summed E-state index contributed by atoms with van der Waals surface area (Å²) in [6.07, 6.45) is 0. The van der Waals surface area contributed by atoms with Crippen molar-refractivity contribution in [1.29, 1.82) is 0 Å². The van der Waals surface area contributed by atoms with Crippen molar-refractivity contribution < 1.29 is 0 Å². The predicted molar refractivity (Wildman–Crippen MR) is 113 cm³/mol. The number of nitrogens with zero attached hydrogens (tertiary/aromatic N) is 4. The van der Waals surface area contributed by atoms with E-state index in [0.29, 0.717) is 0 Å². The van der Waals surface area contributed by atoms with Gasteiger partial charge in [-0.1, -0.05) is 36.4 Å². The van der Waals surface area contributed by atoms with Crippen molar-refractivity contribution in [1.82, 2.24) is 19.9 Å².